The lowest BCUT2D eigenvalue weighted by molar-refractivity contribution is 0.0140. The number of benzene rings is 2. The number of rotatable bonds is 6. The van der Waals surface area contributed by atoms with Gasteiger partial charge in [0.1, 0.15) is 11.9 Å². The zero-order valence-electron chi connectivity index (χ0n) is 15.7. The fourth-order valence-electron chi connectivity index (χ4n) is 4.08. The summed E-state index contributed by atoms with van der Waals surface area (Å²) in [6.45, 7) is 6.95. The third-order valence-corrected chi connectivity index (χ3v) is 5.67. The van der Waals surface area contributed by atoms with E-state index >= 15 is 0 Å². The Morgan fingerprint density at radius 3 is 2.31 bits per heavy atom. The average molecular weight is 353 g/mol. The molecule has 0 spiro atoms. The number of fused-ring (bicyclic) bond motifs is 1. The molecule has 2 N–H and O–H groups in total. The molecule has 138 valence electrons. The molecule has 1 unspecified atom stereocenters. The second kappa shape index (κ2) is 7.40. The zero-order valence-corrected chi connectivity index (χ0v) is 15.7. The van der Waals surface area contributed by atoms with Crippen LogP contribution in [0.1, 0.15) is 50.8 Å². The maximum absolute atomic E-state index is 11.4. The van der Waals surface area contributed by atoms with Crippen LogP contribution in [-0.2, 0) is 11.2 Å². The van der Waals surface area contributed by atoms with Crippen molar-refractivity contribution in [3.8, 4) is 16.9 Å². The molecule has 1 amide bonds. The van der Waals surface area contributed by atoms with Gasteiger partial charge < -0.3 is 15.2 Å². The Morgan fingerprint density at radius 1 is 1.08 bits per heavy atom. The van der Waals surface area contributed by atoms with Crippen LogP contribution in [-0.4, -0.2) is 12.7 Å². The van der Waals surface area contributed by atoms with Gasteiger partial charge in [0.05, 0.1) is 6.61 Å². The van der Waals surface area contributed by atoms with Crippen molar-refractivity contribution in [3.63, 3.8) is 0 Å². The summed E-state index contributed by atoms with van der Waals surface area (Å²) in [4.78, 5) is 11.4. The molecule has 0 heterocycles. The van der Waals surface area contributed by atoms with Gasteiger partial charge in [-0.15, -0.1) is 0 Å². The van der Waals surface area contributed by atoms with E-state index in [0.717, 1.165) is 41.7 Å². The molecule has 1 atom stereocenters. The van der Waals surface area contributed by atoms with Crippen LogP contribution in [0.5, 0.6) is 5.75 Å². The molecule has 0 aliphatic heterocycles. The molecule has 0 saturated carbocycles. The first-order valence-corrected chi connectivity index (χ1v) is 9.35. The Hall–Kier alpha value is -2.49. The molecular weight excluding hydrogens is 326 g/mol. The summed E-state index contributed by atoms with van der Waals surface area (Å²) in [5, 5.41) is 0. The second-order valence-electron chi connectivity index (χ2n) is 6.93. The average Bonchev–Trinajstić information content (AvgIpc) is 2.95. The Morgan fingerprint density at radius 2 is 1.73 bits per heavy atom. The van der Waals surface area contributed by atoms with Gasteiger partial charge in [-0.3, -0.25) is 0 Å². The Labute approximate surface area is 155 Å². The van der Waals surface area contributed by atoms with Crippen molar-refractivity contribution >= 4 is 6.09 Å². The van der Waals surface area contributed by atoms with E-state index < -0.39 is 6.09 Å². The van der Waals surface area contributed by atoms with Crippen molar-refractivity contribution in [2.45, 2.75) is 46.1 Å². The van der Waals surface area contributed by atoms with Crippen molar-refractivity contribution in [2.75, 3.05) is 6.61 Å². The Bertz CT molecular complexity index is 778. The second-order valence-corrected chi connectivity index (χ2v) is 6.93. The molecule has 4 heteroatoms. The van der Waals surface area contributed by atoms with Crippen LogP contribution in [0.4, 0.5) is 4.79 Å². The first-order valence-electron chi connectivity index (χ1n) is 9.35. The maximum Gasteiger partial charge on any atom is 0.405 e. The highest BCUT2D eigenvalue weighted by atomic mass is 16.6. The van der Waals surface area contributed by atoms with Gasteiger partial charge in [0.25, 0.3) is 0 Å². The maximum atomic E-state index is 11.4. The quantitative estimate of drug-likeness (QED) is 0.771. The van der Waals surface area contributed by atoms with Gasteiger partial charge in [-0.2, -0.15) is 0 Å². The number of ether oxygens (including phenoxy) is 2. The number of amides is 1. The van der Waals surface area contributed by atoms with Gasteiger partial charge in [0.15, 0.2) is 0 Å². The fourth-order valence-corrected chi connectivity index (χ4v) is 4.08. The van der Waals surface area contributed by atoms with Gasteiger partial charge in [-0.05, 0) is 60.6 Å². The highest BCUT2D eigenvalue weighted by molar-refractivity contribution is 5.68. The molecule has 1 aliphatic carbocycles. The number of hydrogen-bond donors (Lipinski definition) is 1. The molecule has 3 rings (SSSR count). The van der Waals surface area contributed by atoms with E-state index in [0.29, 0.717) is 6.61 Å². The van der Waals surface area contributed by atoms with Crippen molar-refractivity contribution in [1.29, 1.82) is 0 Å². The third-order valence-electron chi connectivity index (χ3n) is 5.67. The van der Waals surface area contributed by atoms with Gasteiger partial charge in [0, 0.05) is 5.41 Å². The first-order chi connectivity index (χ1) is 12.5. The molecule has 0 bridgehead atoms. The van der Waals surface area contributed by atoms with Crippen molar-refractivity contribution in [3.05, 3.63) is 53.6 Å². The normalized spacial score (nSPS) is 17.6. The highest BCUT2D eigenvalue weighted by Crippen LogP contribution is 2.52. The van der Waals surface area contributed by atoms with E-state index in [-0.39, 0.29) is 11.5 Å². The van der Waals surface area contributed by atoms with Crippen LogP contribution in [0.2, 0.25) is 0 Å². The summed E-state index contributed by atoms with van der Waals surface area (Å²) < 4.78 is 11.1. The smallest absolute Gasteiger partial charge is 0.405 e. The van der Waals surface area contributed by atoms with Gasteiger partial charge >= 0.3 is 6.09 Å². The first kappa shape index (κ1) is 18.3. The van der Waals surface area contributed by atoms with E-state index in [4.69, 9.17) is 15.2 Å². The lowest BCUT2D eigenvalue weighted by Gasteiger charge is -2.32. The summed E-state index contributed by atoms with van der Waals surface area (Å²) in [6, 6.07) is 14.5. The topological polar surface area (TPSA) is 61.6 Å². The summed E-state index contributed by atoms with van der Waals surface area (Å²) in [7, 11) is 0. The molecular formula is C22H27NO3. The van der Waals surface area contributed by atoms with Crippen molar-refractivity contribution in [2.24, 2.45) is 11.1 Å². The summed E-state index contributed by atoms with van der Waals surface area (Å²) in [5.74, 6) is 0.878. The summed E-state index contributed by atoms with van der Waals surface area (Å²) in [6.07, 6.45) is 1.81. The van der Waals surface area contributed by atoms with E-state index in [2.05, 4.69) is 44.2 Å². The molecule has 2 aromatic carbocycles. The van der Waals surface area contributed by atoms with Gasteiger partial charge in [0.2, 0.25) is 0 Å². The van der Waals surface area contributed by atoms with Crippen molar-refractivity contribution < 1.29 is 14.3 Å². The number of carbonyl (C=O) groups is 1. The van der Waals surface area contributed by atoms with Gasteiger partial charge in [-0.1, -0.05) is 44.2 Å². The SMILES string of the molecule is CCOc1ccc(-c2ccc3c(c2)CC(CC)(CC)C3OC(N)=O)cc1. The van der Waals surface area contributed by atoms with Crippen LogP contribution in [0.3, 0.4) is 0 Å². The summed E-state index contributed by atoms with van der Waals surface area (Å²) >= 11 is 0. The highest BCUT2D eigenvalue weighted by Gasteiger charge is 2.46. The van der Waals surface area contributed by atoms with Gasteiger partial charge in [-0.25, -0.2) is 4.79 Å². The van der Waals surface area contributed by atoms with Crippen molar-refractivity contribution in [1.82, 2.24) is 0 Å². The van der Waals surface area contributed by atoms with E-state index in [9.17, 15) is 4.79 Å². The minimum atomic E-state index is -0.704. The zero-order chi connectivity index (χ0) is 18.7. The van der Waals surface area contributed by atoms with Crippen LogP contribution in [0.25, 0.3) is 11.1 Å². The lowest BCUT2D eigenvalue weighted by atomic mass is 9.77. The Kier molecular flexibility index (Phi) is 5.21. The summed E-state index contributed by atoms with van der Waals surface area (Å²) in [5.41, 5.74) is 9.91. The molecule has 4 nitrogen and oxygen atoms in total. The molecule has 0 fully saturated rings. The number of hydrogen-bond acceptors (Lipinski definition) is 3. The standard InChI is InChI=1S/C22H27NO3/c1-4-22(5-2)14-17-13-16(9-12-19(17)20(22)26-21(23)24)15-7-10-18(11-8-15)25-6-3/h7-13,20H,4-6,14H2,1-3H3,(H2,23,24). The Balaban J connectivity index is 1.95. The largest absolute Gasteiger partial charge is 0.494 e. The van der Waals surface area contributed by atoms with Crippen LogP contribution >= 0.6 is 0 Å². The lowest BCUT2D eigenvalue weighted by Crippen LogP contribution is -2.30. The van der Waals surface area contributed by atoms with Crippen LogP contribution < -0.4 is 10.5 Å². The number of primary amides is 1. The molecule has 26 heavy (non-hydrogen) atoms. The molecule has 0 saturated heterocycles. The molecule has 0 aromatic heterocycles. The minimum Gasteiger partial charge on any atom is -0.494 e. The van der Waals surface area contributed by atoms with E-state index in [1.165, 1.54) is 5.56 Å². The van der Waals surface area contributed by atoms with E-state index in [1.54, 1.807) is 0 Å². The van der Waals surface area contributed by atoms with E-state index in [1.807, 2.05) is 19.1 Å². The monoisotopic (exact) mass is 353 g/mol. The predicted molar refractivity (Wildman–Crippen MR) is 103 cm³/mol. The molecule has 0 radical (unpaired) electrons. The predicted octanol–water partition coefficient (Wildman–Crippen LogP) is 5.25. The third kappa shape index (κ3) is 3.28. The van der Waals surface area contributed by atoms with Crippen LogP contribution in [0, 0.1) is 5.41 Å². The molecule has 1 aliphatic rings. The van der Waals surface area contributed by atoms with Crippen LogP contribution in [0.15, 0.2) is 42.5 Å². The fraction of sp³-hybridized carbons (Fsp3) is 0.409. The number of carbonyl (C=O) groups excluding carboxylic acids is 1. The minimum absolute atomic E-state index is 0.0746. The number of nitrogens with two attached hydrogens (primary N) is 1. The molecule has 2 aromatic rings.